The van der Waals surface area contributed by atoms with Crippen LogP contribution in [0.3, 0.4) is 0 Å². The monoisotopic (exact) mass is 325 g/mol. The average Bonchev–Trinajstić information content (AvgIpc) is 2.98. The molecule has 0 aliphatic carbocycles. The third-order valence-corrected chi connectivity index (χ3v) is 3.88. The van der Waals surface area contributed by atoms with Crippen LogP contribution in [0.5, 0.6) is 0 Å². The summed E-state index contributed by atoms with van der Waals surface area (Å²) in [6, 6.07) is 15.5. The van der Waals surface area contributed by atoms with E-state index in [2.05, 4.69) is 4.99 Å². The molecule has 0 saturated carbocycles. The van der Waals surface area contributed by atoms with Crippen molar-refractivity contribution in [2.24, 2.45) is 4.99 Å². The Balaban J connectivity index is 2.14. The number of ether oxygens (including phenoxy) is 1. The van der Waals surface area contributed by atoms with Gasteiger partial charge in [-0.1, -0.05) is 60.2 Å². The second kappa shape index (κ2) is 5.90. The summed E-state index contributed by atoms with van der Waals surface area (Å²) in [6.07, 6.45) is -0.993. The number of hydrogen-bond acceptors (Lipinski definition) is 4. The van der Waals surface area contributed by atoms with Crippen LogP contribution < -0.4 is 0 Å². The van der Waals surface area contributed by atoms with Crippen molar-refractivity contribution in [3.63, 3.8) is 0 Å². The molecule has 2 N–H and O–H groups in total. The first kappa shape index (κ1) is 15.9. The molecule has 6 nitrogen and oxygen atoms in total. The van der Waals surface area contributed by atoms with Crippen molar-refractivity contribution in [2.45, 2.75) is 18.8 Å². The first-order valence-corrected chi connectivity index (χ1v) is 7.30. The molecule has 6 heteroatoms. The molecule has 2 aromatic carbocycles. The van der Waals surface area contributed by atoms with E-state index in [9.17, 15) is 19.8 Å². The number of aryl methyl sites for hydroxylation is 1. The number of hydrogen-bond donors (Lipinski definition) is 2. The molecular weight excluding hydrogens is 310 g/mol. The van der Waals surface area contributed by atoms with Crippen LogP contribution in [0.1, 0.15) is 22.9 Å². The van der Waals surface area contributed by atoms with Crippen molar-refractivity contribution < 1.29 is 24.5 Å². The van der Waals surface area contributed by atoms with Crippen molar-refractivity contribution in [1.82, 2.24) is 0 Å². The van der Waals surface area contributed by atoms with Crippen molar-refractivity contribution in [1.29, 1.82) is 0 Å². The molecule has 0 amide bonds. The van der Waals surface area contributed by atoms with Crippen molar-refractivity contribution in [3.05, 3.63) is 71.3 Å². The van der Waals surface area contributed by atoms with E-state index in [1.807, 2.05) is 19.1 Å². The molecular formula is C18H15NO5. The Bertz CT molecular complexity index is 797. The molecule has 0 aromatic heterocycles. The lowest BCUT2D eigenvalue weighted by Gasteiger charge is -2.22. The number of nitrogens with zero attached hydrogens (tertiary/aromatic N) is 1. The standard InChI is InChI=1S/C18H15NO5/c1-11-7-9-13(10-8-11)15-19-14(12-5-3-2-4-6-12)18(24-15,16(20)21)17(22)23/h2-10,15H,1H3,(H,20,21)(H,22,23). The summed E-state index contributed by atoms with van der Waals surface area (Å²) in [4.78, 5) is 27.9. The lowest BCUT2D eigenvalue weighted by Crippen LogP contribution is -2.53. The van der Waals surface area contributed by atoms with E-state index in [0.717, 1.165) is 5.56 Å². The fourth-order valence-electron chi connectivity index (χ4n) is 2.60. The Morgan fingerprint density at radius 2 is 1.58 bits per heavy atom. The molecule has 2 aromatic rings. The van der Waals surface area contributed by atoms with Crippen molar-refractivity contribution >= 4 is 17.7 Å². The van der Waals surface area contributed by atoms with Crippen LogP contribution in [-0.4, -0.2) is 33.5 Å². The summed E-state index contributed by atoms with van der Waals surface area (Å²) in [5, 5.41) is 19.2. The largest absolute Gasteiger partial charge is 0.478 e. The molecule has 1 atom stereocenters. The summed E-state index contributed by atoms with van der Waals surface area (Å²) in [5.41, 5.74) is -0.632. The smallest absolute Gasteiger partial charge is 0.354 e. The fraction of sp³-hybridized carbons (Fsp3) is 0.167. The van der Waals surface area contributed by atoms with Crippen LogP contribution in [0, 0.1) is 6.92 Å². The van der Waals surface area contributed by atoms with Gasteiger partial charge in [0.25, 0.3) is 0 Å². The minimum absolute atomic E-state index is 0.117. The quantitative estimate of drug-likeness (QED) is 0.842. The van der Waals surface area contributed by atoms with E-state index in [4.69, 9.17) is 4.74 Å². The van der Waals surface area contributed by atoms with Crippen LogP contribution in [0.4, 0.5) is 0 Å². The number of rotatable bonds is 4. The molecule has 3 rings (SSSR count). The zero-order valence-electron chi connectivity index (χ0n) is 12.8. The van der Waals surface area contributed by atoms with Crippen LogP contribution in [0.25, 0.3) is 0 Å². The molecule has 0 fully saturated rings. The number of carboxylic acid groups (broad SMARTS) is 2. The van der Waals surface area contributed by atoms with Gasteiger partial charge in [0.05, 0.1) is 0 Å². The Kier molecular flexibility index (Phi) is 3.91. The molecule has 1 aliphatic heterocycles. The van der Waals surface area contributed by atoms with Crippen LogP contribution in [0.2, 0.25) is 0 Å². The molecule has 0 spiro atoms. The van der Waals surface area contributed by atoms with Gasteiger partial charge in [-0.25, -0.2) is 14.6 Å². The summed E-state index contributed by atoms with van der Waals surface area (Å²) in [6.45, 7) is 1.91. The molecule has 0 saturated heterocycles. The van der Waals surface area contributed by atoms with Gasteiger partial charge < -0.3 is 14.9 Å². The first-order valence-electron chi connectivity index (χ1n) is 7.30. The number of carboxylic acids is 2. The minimum atomic E-state index is -2.53. The van der Waals surface area contributed by atoms with Gasteiger partial charge in [0.2, 0.25) is 0 Å². The van der Waals surface area contributed by atoms with E-state index >= 15 is 0 Å². The highest BCUT2D eigenvalue weighted by Crippen LogP contribution is 2.37. The van der Waals surface area contributed by atoms with Gasteiger partial charge in [0, 0.05) is 5.56 Å². The zero-order chi connectivity index (χ0) is 17.3. The second-order valence-electron chi connectivity index (χ2n) is 5.52. The summed E-state index contributed by atoms with van der Waals surface area (Å²) in [7, 11) is 0. The molecule has 1 aliphatic rings. The summed E-state index contributed by atoms with van der Waals surface area (Å²) in [5.74, 6) is -3.21. The topological polar surface area (TPSA) is 96.2 Å². The maximum absolute atomic E-state index is 11.8. The predicted octanol–water partition coefficient (Wildman–Crippen LogP) is 2.42. The third-order valence-electron chi connectivity index (χ3n) is 3.88. The lowest BCUT2D eigenvalue weighted by molar-refractivity contribution is -0.176. The molecule has 122 valence electrons. The zero-order valence-corrected chi connectivity index (χ0v) is 12.8. The number of aliphatic imine (C=N–C) groups is 1. The molecule has 24 heavy (non-hydrogen) atoms. The van der Waals surface area contributed by atoms with Gasteiger partial charge >= 0.3 is 17.5 Å². The van der Waals surface area contributed by atoms with Gasteiger partial charge in [0.1, 0.15) is 5.71 Å². The molecule has 0 radical (unpaired) electrons. The Morgan fingerprint density at radius 3 is 2.12 bits per heavy atom. The molecule has 1 heterocycles. The van der Waals surface area contributed by atoms with E-state index < -0.39 is 23.8 Å². The van der Waals surface area contributed by atoms with Crippen LogP contribution in [-0.2, 0) is 14.3 Å². The Labute approximate surface area is 138 Å². The van der Waals surface area contributed by atoms with Gasteiger partial charge in [-0.15, -0.1) is 0 Å². The van der Waals surface area contributed by atoms with Gasteiger partial charge in [-0.3, -0.25) is 0 Å². The number of aliphatic carboxylic acids is 2. The maximum Gasteiger partial charge on any atom is 0.354 e. The van der Waals surface area contributed by atoms with Crippen LogP contribution in [0.15, 0.2) is 59.6 Å². The third kappa shape index (κ3) is 2.47. The van der Waals surface area contributed by atoms with Crippen LogP contribution >= 0.6 is 0 Å². The second-order valence-corrected chi connectivity index (χ2v) is 5.52. The van der Waals surface area contributed by atoms with Gasteiger partial charge in [0.15, 0.2) is 6.23 Å². The predicted molar refractivity (Wildman–Crippen MR) is 86.0 cm³/mol. The minimum Gasteiger partial charge on any atom is -0.478 e. The van der Waals surface area contributed by atoms with Crippen molar-refractivity contribution in [2.75, 3.05) is 0 Å². The fourth-order valence-corrected chi connectivity index (χ4v) is 2.60. The number of benzene rings is 2. The van der Waals surface area contributed by atoms with Crippen molar-refractivity contribution in [3.8, 4) is 0 Å². The SMILES string of the molecule is Cc1ccc(C2N=C(c3ccccc3)C(C(=O)O)(C(=O)O)O2)cc1. The first-order chi connectivity index (χ1) is 11.4. The van der Waals surface area contributed by atoms with Gasteiger partial charge in [-0.2, -0.15) is 0 Å². The highest BCUT2D eigenvalue weighted by molar-refractivity contribution is 6.31. The Morgan fingerprint density at radius 1 is 1.00 bits per heavy atom. The van der Waals surface area contributed by atoms with Gasteiger partial charge in [-0.05, 0) is 12.5 Å². The summed E-state index contributed by atoms with van der Waals surface area (Å²) >= 11 is 0. The summed E-state index contributed by atoms with van der Waals surface area (Å²) < 4.78 is 5.46. The Hall–Kier alpha value is -2.99. The maximum atomic E-state index is 11.8. The number of carbonyl (C=O) groups is 2. The van der Waals surface area contributed by atoms with E-state index in [-0.39, 0.29) is 5.71 Å². The molecule has 1 unspecified atom stereocenters. The highest BCUT2D eigenvalue weighted by Gasteiger charge is 2.58. The van der Waals surface area contributed by atoms with E-state index in [0.29, 0.717) is 11.1 Å². The average molecular weight is 325 g/mol. The van der Waals surface area contributed by atoms with E-state index in [1.54, 1.807) is 42.5 Å². The highest BCUT2D eigenvalue weighted by atomic mass is 16.6. The molecule has 0 bridgehead atoms. The van der Waals surface area contributed by atoms with E-state index in [1.165, 1.54) is 0 Å². The lowest BCUT2D eigenvalue weighted by atomic mass is 9.92. The normalized spacial score (nSPS) is 18.9.